The number of hydrogen-bond acceptors (Lipinski definition) is 2. The molecule has 5 N–H and O–H groups in total. The van der Waals surface area contributed by atoms with Crippen LogP contribution in [0.2, 0.25) is 0 Å². The summed E-state index contributed by atoms with van der Waals surface area (Å²) in [6, 6.07) is 6.84. The molecule has 3 aliphatic rings. The molecule has 0 spiro atoms. The van der Waals surface area contributed by atoms with Crippen LogP contribution in [-0.4, -0.2) is 36.5 Å². The van der Waals surface area contributed by atoms with E-state index in [9.17, 15) is 0 Å². The molecule has 0 radical (unpaired) electrons. The molecule has 6 heteroatoms. The Morgan fingerprint density at radius 2 is 2.16 bits per heavy atom. The Balaban J connectivity index is 1.78. The van der Waals surface area contributed by atoms with Gasteiger partial charge in [-0.3, -0.25) is 5.41 Å². The molecule has 6 nitrogen and oxygen atoms in total. The summed E-state index contributed by atoms with van der Waals surface area (Å²) in [7, 11) is 1.74. The second-order valence-corrected chi connectivity index (χ2v) is 7.61. The van der Waals surface area contributed by atoms with E-state index in [0.717, 1.165) is 25.1 Å². The lowest BCUT2D eigenvalue weighted by atomic mass is 9.52. The third kappa shape index (κ3) is 2.46. The summed E-state index contributed by atoms with van der Waals surface area (Å²) in [5.74, 6) is 1.68. The number of guanidine groups is 2. The second kappa shape index (κ2) is 5.93. The maximum Gasteiger partial charge on any atom is 0.221 e. The fraction of sp³-hybridized carbons (Fsp3) is 0.579. The van der Waals surface area contributed by atoms with E-state index in [1.807, 2.05) is 0 Å². The molecule has 4 rings (SSSR count). The van der Waals surface area contributed by atoms with Crippen LogP contribution >= 0.6 is 0 Å². The highest BCUT2D eigenvalue weighted by atomic mass is 16.5. The normalized spacial score (nSPS) is 30.0. The number of aliphatic imine (C=N–C) groups is 1. The summed E-state index contributed by atoms with van der Waals surface area (Å²) in [6.07, 6.45) is 7.01. The molecule has 1 aliphatic heterocycles. The van der Waals surface area contributed by atoms with Crippen LogP contribution in [0.5, 0.6) is 5.75 Å². The van der Waals surface area contributed by atoms with Crippen LogP contribution in [0.15, 0.2) is 23.2 Å². The number of nitrogens with two attached hydrogens (primary N) is 2. The zero-order chi connectivity index (χ0) is 17.6. The SMILES string of the molecule is COc1ccc2c(c1)C13CCCC[C@@H]1C(C2)N(C(=N)N=C(N)N)CC3. The van der Waals surface area contributed by atoms with Crippen molar-refractivity contribution < 1.29 is 4.74 Å². The topological polar surface area (TPSA) is 101 Å². The molecule has 3 atom stereocenters. The van der Waals surface area contributed by atoms with Gasteiger partial charge in [0.2, 0.25) is 5.96 Å². The predicted octanol–water partition coefficient (Wildman–Crippen LogP) is 1.96. The molecule has 1 heterocycles. The van der Waals surface area contributed by atoms with E-state index in [-0.39, 0.29) is 17.3 Å². The van der Waals surface area contributed by atoms with Gasteiger partial charge in [-0.2, -0.15) is 4.99 Å². The molecule has 1 aromatic rings. The van der Waals surface area contributed by atoms with Crippen LogP contribution in [-0.2, 0) is 11.8 Å². The second-order valence-electron chi connectivity index (χ2n) is 7.61. The van der Waals surface area contributed by atoms with Gasteiger partial charge >= 0.3 is 0 Å². The number of benzene rings is 1. The number of ether oxygens (including phenoxy) is 1. The van der Waals surface area contributed by atoms with Crippen molar-refractivity contribution in [1.82, 2.24) is 4.90 Å². The first kappa shape index (κ1) is 16.2. The molecule has 2 aliphatic carbocycles. The Morgan fingerprint density at radius 3 is 2.92 bits per heavy atom. The van der Waals surface area contributed by atoms with Crippen LogP contribution in [0.3, 0.4) is 0 Å². The lowest BCUT2D eigenvalue weighted by Crippen LogP contribution is -2.62. The van der Waals surface area contributed by atoms with Crippen molar-refractivity contribution in [3.05, 3.63) is 29.3 Å². The molecular weight excluding hydrogens is 314 g/mol. The van der Waals surface area contributed by atoms with E-state index in [1.54, 1.807) is 7.11 Å². The van der Waals surface area contributed by atoms with Gasteiger partial charge in [0.15, 0.2) is 5.96 Å². The average molecular weight is 341 g/mol. The standard InChI is InChI=1S/C19H27N5O/c1-25-13-6-5-12-10-16-14-4-2-3-7-19(14,15(12)11-13)8-9-24(16)18(22)23-17(20)21/h5-6,11,14,16H,2-4,7-10H2,1H3,(H5,20,21,22,23)/t14-,16?,19?/m1/s1. The number of hydrogen-bond donors (Lipinski definition) is 3. The summed E-state index contributed by atoms with van der Waals surface area (Å²) in [5, 5.41) is 8.35. The van der Waals surface area contributed by atoms with Crippen molar-refractivity contribution in [2.45, 2.75) is 50.0 Å². The Hall–Kier alpha value is -2.24. The highest BCUT2D eigenvalue weighted by Gasteiger charge is 2.54. The number of piperidine rings is 1. The largest absolute Gasteiger partial charge is 0.497 e. The van der Waals surface area contributed by atoms with Crippen LogP contribution in [0.25, 0.3) is 0 Å². The quantitative estimate of drug-likeness (QED) is 0.537. The molecule has 1 saturated carbocycles. The Bertz CT molecular complexity index is 727. The molecule has 1 saturated heterocycles. The van der Waals surface area contributed by atoms with Crippen molar-refractivity contribution in [3.63, 3.8) is 0 Å². The first-order chi connectivity index (χ1) is 12.0. The van der Waals surface area contributed by atoms with E-state index in [4.69, 9.17) is 21.6 Å². The van der Waals surface area contributed by atoms with Gasteiger partial charge in [-0.25, -0.2) is 0 Å². The smallest absolute Gasteiger partial charge is 0.221 e. The van der Waals surface area contributed by atoms with Gasteiger partial charge in [0.25, 0.3) is 0 Å². The Labute approximate surface area is 148 Å². The molecule has 1 aromatic carbocycles. The van der Waals surface area contributed by atoms with E-state index in [2.05, 4.69) is 28.1 Å². The minimum absolute atomic E-state index is 0.0357. The van der Waals surface area contributed by atoms with Crippen LogP contribution in [0.1, 0.15) is 43.2 Å². The van der Waals surface area contributed by atoms with Crippen LogP contribution in [0, 0.1) is 11.3 Å². The van der Waals surface area contributed by atoms with Gasteiger partial charge in [-0.15, -0.1) is 0 Å². The Morgan fingerprint density at radius 1 is 1.32 bits per heavy atom. The fourth-order valence-corrected chi connectivity index (χ4v) is 5.56. The summed E-state index contributed by atoms with van der Waals surface area (Å²) < 4.78 is 5.51. The van der Waals surface area contributed by atoms with Gasteiger partial charge in [0, 0.05) is 18.0 Å². The fourth-order valence-electron chi connectivity index (χ4n) is 5.56. The van der Waals surface area contributed by atoms with Crippen molar-refractivity contribution in [2.24, 2.45) is 22.4 Å². The number of nitrogens with zero attached hydrogens (tertiary/aromatic N) is 2. The van der Waals surface area contributed by atoms with Gasteiger partial charge in [-0.1, -0.05) is 18.9 Å². The van der Waals surface area contributed by atoms with E-state index in [0.29, 0.717) is 12.0 Å². The van der Waals surface area contributed by atoms with Crippen molar-refractivity contribution in [3.8, 4) is 5.75 Å². The molecule has 134 valence electrons. The minimum Gasteiger partial charge on any atom is -0.497 e. The third-order valence-electron chi connectivity index (χ3n) is 6.55. The molecule has 0 amide bonds. The molecular formula is C19H27N5O. The molecule has 2 bridgehead atoms. The molecule has 25 heavy (non-hydrogen) atoms. The first-order valence-electron chi connectivity index (χ1n) is 9.17. The van der Waals surface area contributed by atoms with E-state index in [1.165, 1.54) is 36.8 Å². The monoisotopic (exact) mass is 341 g/mol. The third-order valence-corrected chi connectivity index (χ3v) is 6.55. The zero-order valence-electron chi connectivity index (χ0n) is 14.8. The van der Waals surface area contributed by atoms with Gasteiger partial charge < -0.3 is 21.1 Å². The van der Waals surface area contributed by atoms with Gasteiger partial charge in [0.05, 0.1) is 7.11 Å². The highest BCUT2D eigenvalue weighted by molar-refractivity contribution is 5.92. The first-order valence-corrected chi connectivity index (χ1v) is 9.17. The highest BCUT2D eigenvalue weighted by Crippen LogP contribution is 2.56. The van der Waals surface area contributed by atoms with Crippen LogP contribution in [0.4, 0.5) is 0 Å². The minimum atomic E-state index is -0.0357. The summed E-state index contributed by atoms with van der Waals surface area (Å²) >= 11 is 0. The van der Waals surface area contributed by atoms with Gasteiger partial charge in [0.1, 0.15) is 5.75 Å². The Kier molecular flexibility index (Phi) is 3.85. The van der Waals surface area contributed by atoms with Gasteiger partial charge in [-0.05, 0) is 54.9 Å². The van der Waals surface area contributed by atoms with Crippen molar-refractivity contribution in [1.29, 1.82) is 5.41 Å². The average Bonchev–Trinajstić information content (AvgIpc) is 2.60. The maximum atomic E-state index is 8.35. The summed E-state index contributed by atoms with van der Waals surface area (Å²) in [6.45, 7) is 0.841. The lowest BCUT2D eigenvalue weighted by molar-refractivity contribution is 0.0237. The molecule has 2 unspecified atom stereocenters. The molecule has 0 aromatic heterocycles. The summed E-state index contributed by atoms with van der Waals surface area (Å²) in [5.41, 5.74) is 14.1. The van der Waals surface area contributed by atoms with E-state index >= 15 is 0 Å². The number of likely N-dealkylation sites (tertiary alicyclic amines) is 1. The number of fused-ring (bicyclic) bond motifs is 1. The lowest BCUT2D eigenvalue weighted by Gasteiger charge is -2.59. The number of nitrogens with one attached hydrogen (secondary N) is 1. The predicted molar refractivity (Wildman–Crippen MR) is 99.0 cm³/mol. The summed E-state index contributed by atoms with van der Waals surface area (Å²) in [4.78, 5) is 6.15. The molecule has 2 fully saturated rings. The number of methoxy groups -OCH3 is 1. The van der Waals surface area contributed by atoms with Crippen molar-refractivity contribution in [2.75, 3.05) is 13.7 Å². The van der Waals surface area contributed by atoms with E-state index < -0.39 is 0 Å². The van der Waals surface area contributed by atoms with Crippen molar-refractivity contribution >= 4 is 11.9 Å². The number of rotatable bonds is 1. The maximum absolute atomic E-state index is 8.35. The zero-order valence-corrected chi connectivity index (χ0v) is 14.8. The van der Waals surface area contributed by atoms with Crippen LogP contribution < -0.4 is 16.2 Å².